The Balaban J connectivity index is 2.37. The van der Waals surface area contributed by atoms with Crippen molar-refractivity contribution in [2.75, 3.05) is 11.9 Å². The number of ketones is 1. The maximum atomic E-state index is 12.3. The number of pyridine rings is 1. The van der Waals surface area contributed by atoms with Gasteiger partial charge in [0.25, 0.3) is 0 Å². The Kier molecular flexibility index (Phi) is 3.50. The zero-order valence-corrected chi connectivity index (χ0v) is 9.68. The maximum Gasteiger partial charge on any atom is 0.196 e. The van der Waals surface area contributed by atoms with Crippen LogP contribution in [0.3, 0.4) is 0 Å². The van der Waals surface area contributed by atoms with Crippen molar-refractivity contribution in [1.82, 2.24) is 4.98 Å². The van der Waals surface area contributed by atoms with Gasteiger partial charge in [0.2, 0.25) is 0 Å². The molecule has 0 aliphatic heterocycles. The van der Waals surface area contributed by atoms with Crippen LogP contribution in [0.4, 0.5) is 5.82 Å². The van der Waals surface area contributed by atoms with Crippen LogP contribution in [-0.4, -0.2) is 17.3 Å². The van der Waals surface area contributed by atoms with Gasteiger partial charge in [0.15, 0.2) is 5.78 Å². The largest absolute Gasteiger partial charge is 0.370 e. The lowest BCUT2D eigenvalue weighted by Gasteiger charge is -2.08. The third-order valence-electron chi connectivity index (χ3n) is 2.43. The quantitative estimate of drug-likeness (QED) is 0.815. The third kappa shape index (κ3) is 2.50. The molecule has 1 heterocycles. The van der Waals surface area contributed by atoms with E-state index in [9.17, 15) is 4.79 Å². The second-order valence-electron chi connectivity index (χ2n) is 3.63. The molecule has 0 saturated carbocycles. The zero-order valence-electron chi connectivity index (χ0n) is 9.68. The van der Waals surface area contributed by atoms with Gasteiger partial charge < -0.3 is 5.32 Å². The molecular weight excluding hydrogens is 212 g/mol. The smallest absolute Gasteiger partial charge is 0.196 e. The topological polar surface area (TPSA) is 42.0 Å². The van der Waals surface area contributed by atoms with E-state index in [0.29, 0.717) is 16.9 Å². The first-order chi connectivity index (χ1) is 8.33. The number of nitrogens with zero attached hydrogens (tertiary/aromatic N) is 1. The van der Waals surface area contributed by atoms with Crippen molar-refractivity contribution in [2.45, 2.75) is 6.92 Å². The van der Waals surface area contributed by atoms with E-state index >= 15 is 0 Å². The maximum absolute atomic E-state index is 12.3. The van der Waals surface area contributed by atoms with Gasteiger partial charge in [0.05, 0.1) is 5.56 Å². The van der Waals surface area contributed by atoms with Gasteiger partial charge in [-0.3, -0.25) is 4.79 Å². The summed E-state index contributed by atoms with van der Waals surface area (Å²) in [7, 11) is 0. The fraction of sp³-hybridized carbons (Fsp3) is 0.143. The summed E-state index contributed by atoms with van der Waals surface area (Å²) in [6.45, 7) is 2.72. The summed E-state index contributed by atoms with van der Waals surface area (Å²) in [5, 5.41) is 3.09. The summed E-state index contributed by atoms with van der Waals surface area (Å²) in [4.78, 5) is 16.4. The van der Waals surface area contributed by atoms with Crippen LogP contribution in [0.2, 0.25) is 0 Å². The highest BCUT2D eigenvalue weighted by Gasteiger charge is 2.13. The zero-order chi connectivity index (χ0) is 12.1. The number of anilines is 1. The Morgan fingerprint density at radius 1 is 1.18 bits per heavy atom. The molecule has 3 heteroatoms. The van der Waals surface area contributed by atoms with Crippen molar-refractivity contribution >= 4 is 11.6 Å². The van der Waals surface area contributed by atoms with E-state index in [1.54, 1.807) is 18.3 Å². The highest BCUT2D eigenvalue weighted by Crippen LogP contribution is 2.16. The van der Waals surface area contributed by atoms with Crippen molar-refractivity contribution in [3.05, 3.63) is 59.8 Å². The SMILES string of the molecule is CCNc1ncccc1C(=O)c1ccccc1. The van der Waals surface area contributed by atoms with Crippen molar-refractivity contribution in [1.29, 1.82) is 0 Å². The van der Waals surface area contributed by atoms with Crippen molar-refractivity contribution in [2.24, 2.45) is 0 Å². The standard InChI is InChI=1S/C14H14N2O/c1-2-15-14-12(9-6-10-16-14)13(17)11-7-4-3-5-8-11/h3-10H,2H2,1H3,(H,15,16). The first-order valence-corrected chi connectivity index (χ1v) is 5.61. The second kappa shape index (κ2) is 5.25. The van der Waals surface area contributed by atoms with Crippen LogP contribution in [0.1, 0.15) is 22.8 Å². The number of carbonyl (C=O) groups excluding carboxylic acids is 1. The number of hydrogen-bond acceptors (Lipinski definition) is 3. The van der Waals surface area contributed by atoms with Gasteiger partial charge in [-0.25, -0.2) is 4.98 Å². The molecule has 1 aromatic heterocycles. The molecule has 1 aromatic carbocycles. The lowest BCUT2D eigenvalue weighted by molar-refractivity contribution is 0.103. The van der Waals surface area contributed by atoms with Crippen molar-refractivity contribution in [3.63, 3.8) is 0 Å². The van der Waals surface area contributed by atoms with E-state index in [4.69, 9.17) is 0 Å². The van der Waals surface area contributed by atoms with E-state index in [1.807, 2.05) is 37.3 Å². The molecule has 2 rings (SSSR count). The van der Waals surface area contributed by atoms with Crippen LogP contribution in [0.5, 0.6) is 0 Å². The van der Waals surface area contributed by atoms with Gasteiger partial charge >= 0.3 is 0 Å². The number of aromatic nitrogens is 1. The molecule has 2 aromatic rings. The molecule has 0 atom stereocenters. The summed E-state index contributed by atoms with van der Waals surface area (Å²) < 4.78 is 0. The number of carbonyl (C=O) groups is 1. The second-order valence-corrected chi connectivity index (χ2v) is 3.63. The molecule has 0 amide bonds. The van der Waals surface area contributed by atoms with Gasteiger partial charge in [-0.2, -0.15) is 0 Å². The van der Waals surface area contributed by atoms with Crippen LogP contribution in [-0.2, 0) is 0 Å². The highest BCUT2D eigenvalue weighted by atomic mass is 16.1. The number of rotatable bonds is 4. The summed E-state index contributed by atoms with van der Waals surface area (Å²) >= 11 is 0. The Hall–Kier alpha value is -2.16. The van der Waals surface area contributed by atoms with Crippen LogP contribution in [0, 0.1) is 0 Å². The fourth-order valence-corrected chi connectivity index (χ4v) is 1.64. The van der Waals surface area contributed by atoms with Gasteiger partial charge in [-0.15, -0.1) is 0 Å². The molecule has 0 fully saturated rings. The molecule has 0 unspecified atom stereocenters. The van der Waals surface area contributed by atoms with Crippen LogP contribution in [0.15, 0.2) is 48.7 Å². The third-order valence-corrected chi connectivity index (χ3v) is 2.43. The van der Waals surface area contributed by atoms with E-state index in [-0.39, 0.29) is 5.78 Å². The summed E-state index contributed by atoms with van der Waals surface area (Å²) in [5.41, 5.74) is 1.29. The minimum atomic E-state index is -0.00495. The first-order valence-electron chi connectivity index (χ1n) is 5.61. The average molecular weight is 226 g/mol. The van der Waals surface area contributed by atoms with Crippen LogP contribution < -0.4 is 5.32 Å². The molecule has 0 spiro atoms. The molecular formula is C14H14N2O. The lowest BCUT2D eigenvalue weighted by Crippen LogP contribution is -2.09. The molecule has 0 aliphatic rings. The number of hydrogen-bond donors (Lipinski definition) is 1. The summed E-state index contributed by atoms with van der Waals surface area (Å²) in [6.07, 6.45) is 1.68. The van der Waals surface area contributed by atoms with E-state index < -0.39 is 0 Å². The first kappa shape index (κ1) is 11.3. The van der Waals surface area contributed by atoms with Gasteiger partial charge in [-0.05, 0) is 19.1 Å². The fourth-order valence-electron chi connectivity index (χ4n) is 1.64. The van der Waals surface area contributed by atoms with Crippen LogP contribution >= 0.6 is 0 Å². The van der Waals surface area contributed by atoms with E-state index in [2.05, 4.69) is 10.3 Å². The van der Waals surface area contributed by atoms with Crippen molar-refractivity contribution in [3.8, 4) is 0 Å². The summed E-state index contributed by atoms with van der Waals surface area (Å²) in [5.74, 6) is 0.638. The lowest BCUT2D eigenvalue weighted by atomic mass is 10.0. The number of benzene rings is 1. The van der Waals surface area contributed by atoms with Gasteiger partial charge in [0.1, 0.15) is 5.82 Å². The van der Waals surface area contributed by atoms with Crippen LogP contribution in [0.25, 0.3) is 0 Å². The summed E-state index contributed by atoms with van der Waals surface area (Å²) in [6, 6.07) is 12.8. The minimum absolute atomic E-state index is 0.00495. The molecule has 3 nitrogen and oxygen atoms in total. The monoisotopic (exact) mass is 226 g/mol. The molecule has 0 bridgehead atoms. The van der Waals surface area contributed by atoms with Gasteiger partial charge in [0, 0.05) is 18.3 Å². The predicted molar refractivity (Wildman–Crippen MR) is 68.3 cm³/mol. The Labute approximate surface area is 101 Å². The number of nitrogens with one attached hydrogen (secondary N) is 1. The van der Waals surface area contributed by atoms with E-state index in [1.165, 1.54) is 0 Å². The molecule has 1 N–H and O–H groups in total. The molecule has 86 valence electrons. The molecule has 0 aliphatic carbocycles. The van der Waals surface area contributed by atoms with Crippen molar-refractivity contribution < 1.29 is 4.79 Å². The highest BCUT2D eigenvalue weighted by molar-refractivity contribution is 6.11. The molecule has 0 radical (unpaired) electrons. The Morgan fingerprint density at radius 3 is 2.65 bits per heavy atom. The molecule has 0 saturated heterocycles. The van der Waals surface area contributed by atoms with E-state index in [0.717, 1.165) is 6.54 Å². The Bertz CT molecular complexity index is 509. The normalized spacial score (nSPS) is 9.94. The van der Waals surface area contributed by atoms with Gasteiger partial charge in [-0.1, -0.05) is 30.3 Å². The minimum Gasteiger partial charge on any atom is -0.370 e. The average Bonchev–Trinajstić information content (AvgIpc) is 2.40. The molecule has 17 heavy (non-hydrogen) atoms. The predicted octanol–water partition coefficient (Wildman–Crippen LogP) is 2.74. The Morgan fingerprint density at radius 2 is 1.94 bits per heavy atom.